The summed E-state index contributed by atoms with van der Waals surface area (Å²) in [6.07, 6.45) is 0. The lowest BCUT2D eigenvalue weighted by Crippen LogP contribution is -2.21. The van der Waals surface area contributed by atoms with E-state index in [9.17, 15) is 19.8 Å². The highest BCUT2D eigenvalue weighted by Gasteiger charge is 2.13. The van der Waals surface area contributed by atoms with Gasteiger partial charge in [0.2, 0.25) is 0 Å². The van der Waals surface area contributed by atoms with Crippen LogP contribution in [0.5, 0.6) is 11.5 Å². The number of carbonyl (C=O) groups is 2. The van der Waals surface area contributed by atoms with Gasteiger partial charge in [-0.05, 0) is 42.2 Å². The third-order valence-electron chi connectivity index (χ3n) is 3.67. The minimum absolute atomic E-state index is 0.0386. The molecular weight excluding hydrogens is 322 g/mol. The third kappa shape index (κ3) is 4.97. The zero-order valence-electron chi connectivity index (χ0n) is 14.4. The van der Waals surface area contributed by atoms with Crippen LogP contribution in [-0.4, -0.2) is 28.7 Å². The van der Waals surface area contributed by atoms with Gasteiger partial charge in [-0.3, -0.25) is 4.79 Å². The number of aryl methyl sites for hydroxylation is 1. The number of esters is 1. The zero-order chi connectivity index (χ0) is 18.6. The average Bonchev–Trinajstić information content (AvgIpc) is 2.53. The van der Waals surface area contributed by atoms with Crippen molar-refractivity contribution in [1.82, 2.24) is 0 Å². The number of benzene rings is 2. The molecule has 25 heavy (non-hydrogen) atoms. The number of amides is 1. The van der Waals surface area contributed by atoms with Crippen molar-refractivity contribution < 1.29 is 24.5 Å². The summed E-state index contributed by atoms with van der Waals surface area (Å²) in [5, 5.41) is 21.5. The van der Waals surface area contributed by atoms with Crippen LogP contribution < -0.4 is 5.32 Å². The highest BCUT2D eigenvalue weighted by Crippen LogP contribution is 2.23. The lowest BCUT2D eigenvalue weighted by molar-refractivity contribution is -0.119. The molecule has 0 fully saturated rings. The van der Waals surface area contributed by atoms with Crippen molar-refractivity contribution in [3.63, 3.8) is 0 Å². The quantitative estimate of drug-likeness (QED) is 0.724. The van der Waals surface area contributed by atoms with E-state index in [0.29, 0.717) is 11.6 Å². The van der Waals surface area contributed by atoms with Crippen LogP contribution in [0.3, 0.4) is 0 Å². The second-order valence-corrected chi connectivity index (χ2v) is 6.09. The smallest absolute Gasteiger partial charge is 0.338 e. The first kappa shape index (κ1) is 18.3. The molecule has 0 unspecified atom stereocenters. The topological polar surface area (TPSA) is 95.9 Å². The van der Waals surface area contributed by atoms with Crippen LogP contribution in [-0.2, 0) is 9.53 Å². The molecule has 0 aliphatic heterocycles. The van der Waals surface area contributed by atoms with E-state index in [-0.39, 0.29) is 17.1 Å². The molecular formula is C19H21NO5. The van der Waals surface area contributed by atoms with E-state index in [4.69, 9.17) is 4.74 Å². The summed E-state index contributed by atoms with van der Waals surface area (Å²) in [7, 11) is 0. The molecule has 0 aromatic heterocycles. The molecule has 2 aromatic rings. The van der Waals surface area contributed by atoms with E-state index in [0.717, 1.165) is 29.3 Å². The van der Waals surface area contributed by atoms with Crippen LogP contribution in [0.2, 0.25) is 0 Å². The number of hydrogen-bond acceptors (Lipinski definition) is 5. The summed E-state index contributed by atoms with van der Waals surface area (Å²) in [6, 6.07) is 9.21. The van der Waals surface area contributed by atoms with Gasteiger partial charge in [-0.15, -0.1) is 0 Å². The molecule has 3 N–H and O–H groups in total. The van der Waals surface area contributed by atoms with Crippen LogP contribution >= 0.6 is 0 Å². The van der Waals surface area contributed by atoms with Gasteiger partial charge in [-0.1, -0.05) is 26.0 Å². The maximum absolute atomic E-state index is 12.0. The number of rotatable bonds is 5. The predicted molar refractivity (Wildman–Crippen MR) is 94.0 cm³/mol. The van der Waals surface area contributed by atoms with Crippen molar-refractivity contribution in [1.29, 1.82) is 0 Å². The molecule has 0 spiro atoms. The molecule has 0 aliphatic rings. The number of hydrogen-bond donors (Lipinski definition) is 3. The van der Waals surface area contributed by atoms with Gasteiger partial charge in [0.15, 0.2) is 6.61 Å². The first-order valence-electron chi connectivity index (χ1n) is 7.87. The standard InChI is InChI=1S/C19H21NO5/c1-11(2)13-5-4-12(3)17(8-13)20-18(23)10-25-19(24)14-6-15(21)9-16(22)7-14/h4-9,11,21-22H,10H2,1-3H3,(H,20,23). The highest BCUT2D eigenvalue weighted by atomic mass is 16.5. The van der Waals surface area contributed by atoms with Crippen molar-refractivity contribution in [2.75, 3.05) is 11.9 Å². The van der Waals surface area contributed by atoms with Crippen LogP contribution in [0.1, 0.15) is 41.3 Å². The van der Waals surface area contributed by atoms with Gasteiger partial charge in [-0.25, -0.2) is 4.79 Å². The van der Waals surface area contributed by atoms with E-state index >= 15 is 0 Å². The summed E-state index contributed by atoms with van der Waals surface area (Å²) in [6.45, 7) is 5.52. The normalized spacial score (nSPS) is 10.6. The Labute approximate surface area is 146 Å². The second-order valence-electron chi connectivity index (χ2n) is 6.09. The number of ether oxygens (including phenoxy) is 1. The number of anilines is 1. The molecule has 0 saturated heterocycles. The van der Waals surface area contributed by atoms with Crippen molar-refractivity contribution in [2.24, 2.45) is 0 Å². The molecule has 0 saturated carbocycles. The third-order valence-corrected chi connectivity index (χ3v) is 3.67. The molecule has 0 heterocycles. The first-order chi connectivity index (χ1) is 11.8. The Balaban J connectivity index is 1.99. The van der Waals surface area contributed by atoms with Crippen molar-refractivity contribution in [3.8, 4) is 11.5 Å². The Kier molecular flexibility index (Phi) is 5.64. The minimum atomic E-state index is -0.811. The Morgan fingerprint density at radius 2 is 1.72 bits per heavy atom. The van der Waals surface area contributed by atoms with Gasteiger partial charge in [-0.2, -0.15) is 0 Å². The molecule has 2 aromatic carbocycles. The maximum atomic E-state index is 12.0. The summed E-state index contributed by atoms with van der Waals surface area (Å²) in [5.41, 5.74) is 2.63. The van der Waals surface area contributed by atoms with Crippen LogP contribution in [0, 0.1) is 6.92 Å². The van der Waals surface area contributed by atoms with Crippen LogP contribution in [0.25, 0.3) is 0 Å². The Hall–Kier alpha value is -3.02. The summed E-state index contributed by atoms with van der Waals surface area (Å²) >= 11 is 0. The van der Waals surface area contributed by atoms with Crippen molar-refractivity contribution >= 4 is 17.6 Å². The average molecular weight is 343 g/mol. The highest BCUT2D eigenvalue weighted by molar-refractivity contribution is 5.96. The molecule has 0 radical (unpaired) electrons. The maximum Gasteiger partial charge on any atom is 0.338 e. The SMILES string of the molecule is Cc1ccc(C(C)C)cc1NC(=O)COC(=O)c1cc(O)cc(O)c1. The number of nitrogens with one attached hydrogen (secondary N) is 1. The van der Waals surface area contributed by atoms with E-state index < -0.39 is 18.5 Å². The lowest BCUT2D eigenvalue weighted by Gasteiger charge is -2.12. The minimum Gasteiger partial charge on any atom is -0.508 e. The Bertz CT molecular complexity index is 778. The Morgan fingerprint density at radius 3 is 2.32 bits per heavy atom. The van der Waals surface area contributed by atoms with Gasteiger partial charge in [0.05, 0.1) is 5.56 Å². The molecule has 1 amide bonds. The van der Waals surface area contributed by atoms with Gasteiger partial charge < -0.3 is 20.3 Å². The summed E-state index contributed by atoms with van der Waals surface area (Å²) < 4.78 is 4.92. The molecule has 2 rings (SSSR count). The van der Waals surface area contributed by atoms with Gasteiger partial charge in [0.1, 0.15) is 11.5 Å². The molecule has 6 heteroatoms. The zero-order valence-corrected chi connectivity index (χ0v) is 14.4. The van der Waals surface area contributed by atoms with E-state index in [2.05, 4.69) is 19.2 Å². The Morgan fingerprint density at radius 1 is 1.08 bits per heavy atom. The molecule has 6 nitrogen and oxygen atoms in total. The van der Waals surface area contributed by atoms with Gasteiger partial charge >= 0.3 is 5.97 Å². The van der Waals surface area contributed by atoms with E-state index in [1.165, 1.54) is 0 Å². The molecule has 0 bridgehead atoms. The first-order valence-corrected chi connectivity index (χ1v) is 7.87. The fourth-order valence-corrected chi connectivity index (χ4v) is 2.25. The summed E-state index contributed by atoms with van der Waals surface area (Å²) in [4.78, 5) is 23.9. The summed E-state index contributed by atoms with van der Waals surface area (Å²) in [5.74, 6) is -1.49. The fraction of sp³-hybridized carbons (Fsp3) is 0.263. The predicted octanol–water partition coefficient (Wildman–Crippen LogP) is 3.33. The molecule has 132 valence electrons. The van der Waals surface area contributed by atoms with Crippen molar-refractivity contribution in [3.05, 3.63) is 53.1 Å². The number of phenolic OH excluding ortho intramolecular Hbond substituents is 2. The molecule has 0 atom stereocenters. The second kappa shape index (κ2) is 7.70. The van der Waals surface area contributed by atoms with E-state index in [1.807, 2.05) is 25.1 Å². The largest absolute Gasteiger partial charge is 0.508 e. The van der Waals surface area contributed by atoms with Crippen molar-refractivity contribution in [2.45, 2.75) is 26.7 Å². The van der Waals surface area contributed by atoms with Gasteiger partial charge in [0.25, 0.3) is 5.91 Å². The number of phenols is 2. The number of aromatic hydroxyl groups is 2. The molecule has 0 aliphatic carbocycles. The number of carbonyl (C=O) groups excluding carboxylic acids is 2. The monoisotopic (exact) mass is 343 g/mol. The lowest BCUT2D eigenvalue weighted by atomic mass is 10.0. The fourth-order valence-electron chi connectivity index (χ4n) is 2.25. The van der Waals surface area contributed by atoms with Gasteiger partial charge in [0, 0.05) is 11.8 Å². The van der Waals surface area contributed by atoms with Crippen LogP contribution in [0.4, 0.5) is 5.69 Å². The van der Waals surface area contributed by atoms with E-state index in [1.54, 1.807) is 0 Å². The van der Waals surface area contributed by atoms with Crippen LogP contribution in [0.15, 0.2) is 36.4 Å².